The number of hydrogen-bond acceptors (Lipinski definition) is 2. The maximum atomic E-state index is 6.06. The molecule has 15 heavy (non-hydrogen) atoms. The third-order valence-electron chi connectivity index (χ3n) is 1.76. The van der Waals surface area contributed by atoms with Crippen LogP contribution >= 0.6 is 50.9 Å². The summed E-state index contributed by atoms with van der Waals surface area (Å²) in [5.41, 5.74) is 0.980. The molecule has 0 heterocycles. The number of thioether (sulfide) groups is 1. The van der Waals surface area contributed by atoms with Gasteiger partial charge in [-0.15, -0.1) is 0 Å². The Morgan fingerprint density at radius 2 is 2.13 bits per heavy atom. The molecule has 0 spiro atoms. The molecule has 0 atom stereocenters. The molecule has 0 unspecified atom stereocenters. The van der Waals surface area contributed by atoms with E-state index in [0.717, 1.165) is 17.1 Å². The van der Waals surface area contributed by atoms with Gasteiger partial charge in [-0.3, -0.25) is 0 Å². The lowest BCUT2D eigenvalue weighted by Crippen LogP contribution is -2.02. The third-order valence-corrected chi connectivity index (χ3v) is 3.44. The van der Waals surface area contributed by atoms with E-state index in [9.17, 15) is 0 Å². The molecule has 0 bridgehead atoms. The molecule has 0 aliphatic carbocycles. The van der Waals surface area contributed by atoms with E-state index in [-0.39, 0.29) is 0 Å². The van der Waals surface area contributed by atoms with Gasteiger partial charge in [-0.2, -0.15) is 11.8 Å². The number of benzene rings is 1. The van der Waals surface area contributed by atoms with Crippen molar-refractivity contribution in [2.24, 2.45) is 0 Å². The predicted molar refractivity (Wildman–Crippen MR) is 73.0 cm³/mol. The molecule has 5 heteroatoms. The summed E-state index contributed by atoms with van der Waals surface area (Å²) >= 11 is 17.1. The summed E-state index contributed by atoms with van der Waals surface area (Å²) < 4.78 is 5.61. The first-order chi connectivity index (χ1) is 7.19. The van der Waals surface area contributed by atoms with Crippen LogP contribution < -0.4 is 4.74 Å². The van der Waals surface area contributed by atoms with E-state index in [2.05, 4.69) is 15.9 Å². The van der Waals surface area contributed by atoms with E-state index in [1.165, 1.54) is 0 Å². The average Bonchev–Trinajstić information content (AvgIpc) is 2.20. The van der Waals surface area contributed by atoms with Gasteiger partial charge < -0.3 is 4.74 Å². The van der Waals surface area contributed by atoms with Gasteiger partial charge >= 0.3 is 0 Å². The van der Waals surface area contributed by atoms with Crippen molar-refractivity contribution in [2.45, 2.75) is 5.33 Å². The first-order valence-electron chi connectivity index (χ1n) is 4.34. The van der Waals surface area contributed by atoms with E-state index in [1.807, 2.05) is 12.3 Å². The van der Waals surface area contributed by atoms with Crippen LogP contribution in [0.15, 0.2) is 12.1 Å². The van der Waals surface area contributed by atoms with E-state index < -0.39 is 0 Å². The molecule has 0 aliphatic heterocycles. The van der Waals surface area contributed by atoms with Gasteiger partial charge in [0.05, 0.1) is 11.6 Å². The number of ether oxygens (including phenoxy) is 1. The Bertz CT molecular complexity index is 333. The van der Waals surface area contributed by atoms with Crippen molar-refractivity contribution in [2.75, 3.05) is 18.6 Å². The third kappa shape index (κ3) is 4.06. The summed E-state index contributed by atoms with van der Waals surface area (Å²) in [5.74, 6) is 1.67. The minimum Gasteiger partial charge on any atom is -0.491 e. The molecule has 0 fully saturated rings. The van der Waals surface area contributed by atoms with Gasteiger partial charge in [-0.05, 0) is 18.4 Å². The maximum absolute atomic E-state index is 6.06. The van der Waals surface area contributed by atoms with Crippen LogP contribution in [0.4, 0.5) is 0 Å². The lowest BCUT2D eigenvalue weighted by atomic mass is 10.2. The van der Waals surface area contributed by atoms with Crippen LogP contribution in [0.1, 0.15) is 5.56 Å². The number of rotatable bonds is 5. The Labute approximate surface area is 113 Å². The van der Waals surface area contributed by atoms with Crippen molar-refractivity contribution in [3.05, 3.63) is 27.7 Å². The Hall–Kier alpha value is 0.430. The van der Waals surface area contributed by atoms with Crippen LogP contribution in [0.3, 0.4) is 0 Å². The van der Waals surface area contributed by atoms with Crippen LogP contribution in [-0.2, 0) is 5.33 Å². The molecule has 0 saturated heterocycles. The quantitative estimate of drug-likeness (QED) is 0.575. The monoisotopic (exact) mass is 328 g/mol. The highest BCUT2D eigenvalue weighted by molar-refractivity contribution is 9.08. The first-order valence-corrected chi connectivity index (χ1v) is 7.61. The second kappa shape index (κ2) is 6.89. The molecule has 1 aromatic carbocycles. The normalized spacial score (nSPS) is 10.4. The highest BCUT2D eigenvalue weighted by atomic mass is 79.9. The van der Waals surface area contributed by atoms with Crippen molar-refractivity contribution in [1.29, 1.82) is 0 Å². The zero-order valence-electron chi connectivity index (χ0n) is 8.23. The molecule has 0 aliphatic rings. The van der Waals surface area contributed by atoms with Gasteiger partial charge in [0.25, 0.3) is 0 Å². The summed E-state index contributed by atoms with van der Waals surface area (Å²) in [7, 11) is 0. The van der Waals surface area contributed by atoms with Gasteiger partial charge in [0.15, 0.2) is 0 Å². The second-order valence-corrected chi connectivity index (χ2v) is 5.24. The molecule has 1 nitrogen and oxygen atoms in total. The van der Waals surface area contributed by atoms with E-state index in [1.54, 1.807) is 17.8 Å². The van der Waals surface area contributed by atoms with Crippen LogP contribution in [0, 0.1) is 0 Å². The molecular formula is C10H11BrCl2OS. The summed E-state index contributed by atoms with van der Waals surface area (Å²) in [4.78, 5) is 0. The standard InChI is InChI=1S/C10H11BrCl2OS/c1-15-3-2-14-10-7(6-11)4-8(12)5-9(10)13/h4-5H,2-3,6H2,1H3. The lowest BCUT2D eigenvalue weighted by molar-refractivity contribution is 0.341. The molecule has 0 amide bonds. The van der Waals surface area contributed by atoms with Gasteiger partial charge in [0, 0.05) is 21.7 Å². The highest BCUT2D eigenvalue weighted by Gasteiger charge is 2.09. The molecule has 0 aromatic heterocycles. The SMILES string of the molecule is CSCCOc1c(Cl)cc(Cl)cc1CBr. The fraction of sp³-hybridized carbons (Fsp3) is 0.400. The molecular weight excluding hydrogens is 319 g/mol. The smallest absolute Gasteiger partial charge is 0.142 e. The van der Waals surface area contributed by atoms with Gasteiger partial charge in [-0.25, -0.2) is 0 Å². The van der Waals surface area contributed by atoms with Crippen LogP contribution in [0.2, 0.25) is 10.0 Å². The van der Waals surface area contributed by atoms with E-state index in [4.69, 9.17) is 27.9 Å². The maximum Gasteiger partial charge on any atom is 0.142 e. The highest BCUT2D eigenvalue weighted by Crippen LogP contribution is 2.33. The van der Waals surface area contributed by atoms with Gasteiger partial charge in [-0.1, -0.05) is 39.1 Å². The second-order valence-electron chi connectivity index (χ2n) is 2.85. The van der Waals surface area contributed by atoms with Crippen LogP contribution in [0.5, 0.6) is 5.75 Å². The van der Waals surface area contributed by atoms with Crippen molar-refractivity contribution in [1.82, 2.24) is 0 Å². The molecule has 1 rings (SSSR count). The Kier molecular flexibility index (Phi) is 6.20. The summed E-state index contributed by atoms with van der Waals surface area (Å²) in [6.07, 6.45) is 2.04. The minimum atomic E-state index is 0.568. The predicted octanol–water partition coefficient (Wildman–Crippen LogP) is 4.63. The van der Waals surface area contributed by atoms with Gasteiger partial charge in [0.2, 0.25) is 0 Å². The Morgan fingerprint density at radius 3 is 2.73 bits per heavy atom. The van der Waals surface area contributed by atoms with Crippen molar-refractivity contribution < 1.29 is 4.74 Å². The largest absolute Gasteiger partial charge is 0.491 e. The topological polar surface area (TPSA) is 9.23 Å². The zero-order chi connectivity index (χ0) is 11.3. The molecule has 84 valence electrons. The van der Waals surface area contributed by atoms with Crippen molar-refractivity contribution in [3.8, 4) is 5.75 Å². The van der Waals surface area contributed by atoms with Crippen LogP contribution in [0.25, 0.3) is 0 Å². The fourth-order valence-corrected chi connectivity index (χ4v) is 2.36. The Morgan fingerprint density at radius 1 is 1.40 bits per heavy atom. The minimum absolute atomic E-state index is 0.568. The van der Waals surface area contributed by atoms with Gasteiger partial charge in [0.1, 0.15) is 5.75 Å². The number of halogens is 3. The fourth-order valence-electron chi connectivity index (χ4n) is 1.10. The molecule has 1 aromatic rings. The lowest BCUT2D eigenvalue weighted by Gasteiger charge is -2.11. The summed E-state index contributed by atoms with van der Waals surface area (Å²) in [6, 6.07) is 3.56. The Balaban J connectivity index is 2.84. The number of hydrogen-bond donors (Lipinski definition) is 0. The molecule has 0 saturated carbocycles. The van der Waals surface area contributed by atoms with E-state index >= 15 is 0 Å². The number of alkyl halides is 1. The summed E-state index contributed by atoms with van der Waals surface area (Å²) in [6.45, 7) is 0.655. The average molecular weight is 330 g/mol. The molecule has 0 N–H and O–H groups in total. The first kappa shape index (κ1) is 13.5. The summed E-state index contributed by atoms with van der Waals surface area (Å²) in [5, 5.41) is 1.88. The molecule has 0 radical (unpaired) electrons. The zero-order valence-corrected chi connectivity index (χ0v) is 12.1. The van der Waals surface area contributed by atoms with E-state index in [0.29, 0.717) is 22.0 Å². The van der Waals surface area contributed by atoms with Crippen LogP contribution in [-0.4, -0.2) is 18.6 Å². The van der Waals surface area contributed by atoms with Crippen molar-refractivity contribution >= 4 is 50.9 Å². The van der Waals surface area contributed by atoms with Crippen molar-refractivity contribution in [3.63, 3.8) is 0 Å².